The maximum absolute atomic E-state index is 12.7. The molecule has 2 heterocycles. The summed E-state index contributed by atoms with van der Waals surface area (Å²) >= 11 is 0. The van der Waals surface area contributed by atoms with E-state index in [1.807, 2.05) is 24.0 Å². The third kappa shape index (κ3) is 4.33. The molecule has 0 saturated carbocycles. The molecule has 2 aliphatic heterocycles. The molecule has 1 aromatic carbocycles. The lowest BCUT2D eigenvalue weighted by molar-refractivity contribution is -0.136. The van der Waals surface area contributed by atoms with Crippen LogP contribution >= 0.6 is 0 Å². The number of rotatable bonds is 5. The highest BCUT2D eigenvalue weighted by molar-refractivity contribution is 5.77. The summed E-state index contributed by atoms with van der Waals surface area (Å²) in [6, 6.07) is 6.16. The fourth-order valence-electron chi connectivity index (χ4n) is 4.02. The number of hydrogen-bond acceptors (Lipinski definition) is 4. The molecule has 0 aromatic heterocycles. The number of aryl methyl sites for hydroxylation is 2. The van der Waals surface area contributed by atoms with Crippen LogP contribution in [-0.2, 0) is 9.53 Å². The molecule has 3 atom stereocenters. The van der Waals surface area contributed by atoms with Crippen molar-refractivity contribution in [2.24, 2.45) is 5.92 Å². The molecule has 25 heavy (non-hydrogen) atoms. The van der Waals surface area contributed by atoms with Crippen LogP contribution in [0.3, 0.4) is 0 Å². The van der Waals surface area contributed by atoms with Crippen molar-refractivity contribution in [1.29, 1.82) is 0 Å². The molecule has 1 N–H and O–H groups in total. The number of likely N-dealkylation sites (tertiary alicyclic amines) is 1. The lowest BCUT2D eigenvalue weighted by Crippen LogP contribution is -2.48. The number of carbonyl (C=O) groups is 1. The summed E-state index contributed by atoms with van der Waals surface area (Å²) < 4.78 is 11.3. The highest BCUT2D eigenvalue weighted by Gasteiger charge is 2.39. The van der Waals surface area contributed by atoms with E-state index in [1.54, 1.807) is 0 Å². The number of benzene rings is 1. The topological polar surface area (TPSA) is 59.0 Å². The molecule has 5 nitrogen and oxygen atoms in total. The van der Waals surface area contributed by atoms with Crippen molar-refractivity contribution in [1.82, 2.24) is 4.90 Å². The van der Waals surface area contributed by atoms with Gasteiger partial charge in [-0.25, -0.2) is 0 Å². The van der Waals surface area contributed by atoms with Gasteiger partial charge in [0.25, 0.3) is 0 Å². The summed E-state index contributed by atoms with van der Waals surface area (Å²) in [4.78, 5) is 14.6. The first-order chi connectivity index (χ1) is 12.1. The van der Waals surface area contributed by atoms with E-state index >= 15 is 0 Å². The summed E-state index contributed by atoms with van der Waals surface area (Å²) in [5.41, 5.74) is 2.29. The van der Waals surface area contributed by atoms with Crippen LogP contribution in [0.4, 0.5) is 0 Å². The van der Waals surface area contributed by atoms with Gasteiger partial charge in [0.2, 0.25) is 5.91 Å². The van der Waals surface area contributed by atoms with E-state index in [9.17, 15) is 9.90 Å². The largest absolute Gasteiger partial charge is 0.493 e. The van der Waals surface area contributed by atoms with Gasteiger partial charge in [-0.2, -0.15) is 0 Å². The Balaban J connectivity index is 1.53. The van der Waals surface area contributed by atoms with Gasteiger partial charge in [-0.15, -0.1) is 0 Å². The zero-order chi connectivity index (χ0) is 17.8. The Kier molecular flexibility index (Phi) is 5.97. The van der Waals surface area contributed by atoms with E-state index < -0.39 is 0 Å². The molecule has 2 fully saturated rings. The minimum atomic E-state index is -0.362. The Hall–Kier alpha value is -1.59. The first-order valence-corrected chi connectivity index (χ1v) is 9.31. The smallest absolute Gasteiger partial charge is 0.226 e. The predicted octanol–water partition coefficient (Wildman–Crippen LogP) is 2.46. The summed E-state index contributed by atoms with van der Waals surface area (Å²) in [5.74, 6) is 0.998. The molecule has 0 bridgehead atoms. The van der Waals surface area contributed by atoms with Crippen LogP contribution in [-0.4, -0.2) is 54.4 Å². The predicted molar refractivity (Wildman–Crippen MR) is 95.7 cm³/mol. The standard InChI is InChI=1S/C20H29NO4/c1-14-5-6-19(15(2)12-14)25-11-8-20(23)21-9-3-4-17(21)16-13-24-10-7-18(16)22/h5-6,12,16-18,22H,3-4,7-11,13H2,1-2H3/t16-,17-,18-/m1/s1. The number of aliphatic hydroxyl groups is 1. The second-order valence-corrected chi connectivity index (χ2v) is 7.26. The molecular weight excluding hydrogens is 318 g/mol. The van der Waals surface area contributed by atoms with Crippen molar-refractivity contribution in [3.05, 3.63) is 29.3 Å². The summed E-state index contributed by atoms with van der Waals surface area (Å²) in [7, 11) is 0. The van der Waals surface area contributed by atoms with Crippen LogP contribution in [0.1, 0.15) is 36.8 Å². The Labute approximate surface area is 149 Å². The molecule has 0 radical (unpaired) electrons. The number of ether oxygens (including phenoxy) is 2. The van der Waals surface area contributed by atoms with Crippen molar-refractivity contribution < 1.29 is 19.4 Å². The van der Waals surface area contributed by atoms with E-state index in [-0.39, 0.29) is 24.0 Å². The lowest BCUT2D eigenvalue weighted by atomic mass is 9.89. The third-order valence-corrected chi connectivity index (χ3v) is 5.38. The molecule has 1 aromatic rings. The minimum absolute atomic E-state index is 0.0421. The van der Waals surface area contributed by atoms with E-state index in [0.717, 1.165) is 30.7 Å². The van der Waals surface area contributed by atoms with Crippen LogP contribution in [0.25, 0.3) is 0 Å². The van der Waals surface area contributed by atoms with Crippen LogP contribution < -0.4 is 4.74 Å². The van der Waals surface area contributed by atoms with E-state index in [2.05, 4.69) is 13.0 Å². The molecule has 2 aliphatic rings. The Morgan fingerprint density at radius 1 is 1.36 bits per heavy atom. The van der Waals surface area contributed by atoms with Crippen molar-refractivity contribution in [3.8, 4) is 5.75 Å². The van der Waals surface area contributed by atoms with Gasteiger partial charge >= 0.3 is 0 Å². The van der Waals surface area contributed by atoms with E-state index in [4.69, 9.17) is 9.47 Å². The maximum Gasteiger partial charge on any atom is 0.226 e. The quantitative estimate of drug-likeness (QED) is 0.889. The van der Waals surface area contributed by atoms with Gasteiger partial charge in [0.05, 0.1) is 25.7 Å². The second kappa shape index (κ2) is 8.19. The van der Waals surface area contributed by atoms with Crippen molar-refractivity contribution in [2.75, 3.05) is 26.4 Å². The Morgan fingerprint density at radius 3 is 2.96 bits per heavy atom. The van der Waals surface area contributed by atoms with Gasteiger partial charge in [0.1, 0.15) is 5.75 Å². The monoisotopic (exact) mass is 347 g/mol. The molecule has 0 aliphatic carbocycles. The average Bonchev–Trinajstić information content (AvgIpc) is 3.06. The number of hydrogen-bond donors (Lipinski definition) is 1. The minimum Gasteiger partial charge on any atom is -0.493 e. The van der Waals surface area contributed by atoms with Gasteiger partial charge in [0.15, 0.2) is 0 Å². The number of aliphatic hydroxyl groups excluding tert-OH is 1. The number of carbonyl (C=O) groups excluding carboxylic acids is 1. The highest BCUT2D eigenvalue weighted by atomic mass is 16.5. The fourth-order valence-corrected chi connectivity index (χ4v) is 4.02. The van der Waals surface area contributed by atoms with Crippen LogP contribution in [0.5, 0.6) is 5.75 Å². The first kappa shape index (κ1) is 18.2. The zero-order valence-corrected chi connectivity index (χ0v) is 15.2. The summed E-state index contributed by atoms with van der Waals surface area (Å²) in [6.07, 6.45) is 2.62. The molecule has 138 valence electrons. The van der Waals surface area contributed by atoms with Crippen LogP contribution in [0.15, 0.2) is 18.2 Å². The molecule has 2 saturated heterocycles. The zero-order valence-electron chi connectivity index (χ0n) is 15.2. The fraction of sp³-hybridized carbons (Fsp3) is 0.650. The summed E-state index contributed by atoms with van der Waals surface area (Å²) in [5, 5.41) is 10.3. The third-order valence-electron chi connectivity index (χ3n) is 5.38. The van der Waals surface area contributed by atoms with Gasteiger partial charge in [-0.1, -0.05) is 17.7 Å². The Bertz CT molecular complexity index is 603. The molecular formula is C20H29NO4. The van der Waals surface area contributed by atoms with Crippen molar-refractivity contribution >= 4 is 5.91 Å². The molecule has 5 heteroatoms. The van der Waals surface area contributed by atoms with Gasteiger partial charge in [-0.3, -0.25) is 4.79 Å². The van der Waals surface area contributed by atoms with Crippen LogP contribution in [0.2, 0.25) is 0 Å². The number of amides is 1. The summed E-state index contributed by atoms with van der Waals surface area (Å²) in [6.45, 7) is 6.39. The highest BCUT2D eigenvalue weighted by Crippen LogP contribution is 2.30. The number of nitrogens with zero attached hydrogens (tertiary/aromatic N) is 1. The van der Waals surface area contributed by atoms with Gasteiger partial charge in [0, 0.05) is 25.1 Å². The van der Waals surface area contributed by atoms with Gasteiger partial charge < -0.3 is 19.5 Å². The molecule has 0 spiro atoms. The maximum atomic E-state index is 12.7. The van der Waals surface area contributed by atoms with E-state index in [0.29, 0.717) is 32.7 Å². The van der Waals surface area contributed by atoms with Crippen molar-refractivity contribution in [3.63, 3.8) is 0 Å². The first-order valence-electron chi connectivity index (χ1n) is 9.31. The van der Waals surface area contributed by atoms with Crippen LogP contribution in [0, 0.1) is 19.8 Å². The molecule has 3 rings (SSSR count). The SMILES string of the molecule is Cc1ccc(OCCC(=O)N2CCC[C@@H]2[C@H]2COCC[C@H]2O)c(C)c1. The van der Waals surface area contributed by atoms with Gasteiger partial charge in [-0.05, 0) is 44.7 Å². The van der Waals surface area contributed by atoms with E-state index in [1.165, 1.54) is 5.56 Å². The molecule has 0 unspecified atom stereocenters. The lowest BCUT2D eigenvalue weighted by Gasteiger charge is -2.37. The Morgan fingerprint density at radius 2 is 2.20 bits per heavy atom. The molecule has 1 amide bonds. The van der Waals surface area contributed by atoms with Crippen molar-refractivity contribution in [2.45, 2.75) is 51.7 Å². The normalized spacial score (nSPS) is 26.7. The average molecular weight is 347 g/mol. The second-order valence-electron chi connectivity index (χ2n) is 7.26.